The van der Waals surface area contributed by atoms with Crippen LogP contribution in [0.5, 0.6) is 11.5 Å². The van der Waals surface area contributed by atoms with Gasteiger partial charge in [-0.25, -0.2) is 4.39 Å². The molecule has 0 spiro atoms. The second-order valence-electron chi connectivity index (χ2n) is 4.13. The molecule has 0 atom stereocenters. The number of nitrogens with two attached hydrogens (primary N) is 1. The Labute approximate surface area is 111 Å². The van der Waals surface area contributed by atoms with Gasteiger partial charge in [-0.3, -0.25) is 0 Å². The van der Waals surface area contributed by atoms with E-state index in [1.54, 1.807) is 13.2 Å². The number of anilines is 1. The van der Waals surface area contributed by atoms with Gasteiger partial charge in [-0.1, -0.05) is 12.1 Å². The maximum atomic E-state index is 13.2. The van der Waals surface area contributed by atoms with Gasteiger partial charge in [-0.2, -0.15) is 0 Å². The minimum Gasteiger partial charge on any atom is -0.497 e. The van der Waals surface area contributed by atoms with E-state index in [1.807, 2.05) is 24.3 Å². The molecule has 0 heterocycles. The van der Waals surface area contributed by atoms with Crippen LogP contribution in [0.25, 0.3) is 0 Å². The molecule has 0 bridgehead atoms. The van der Waals surface area contributed by atoms with Crippen LogP contribution >= 0.6 is 0 Å². The zero-order valence-corrected chi connectivity index (χ0v) is 10.7. The summed E-state index contributed by atoms with van der Waals surface area (Å²) in [5, 5.41) is 0. The molecule has 2 rings (SSSR count). The average molecular weight is 261 g/mol. The van der Waals surface area contributed by atoms with E-state index in [2.05, 4.69) is 0 Å². The van der Waals surface area contributed by atoms with Gasteiger partial charge in [-0.15, -0.1) is 0 Å². The van der Waals surface area contributed by atoms with Gasteiger partial charge >= 0.3 is 0 Å². The Morgan fingerprint density at radius 1 is 1.05 bits per heavy atom. The quantitative estimate of drug-likeness (QED) is 0.841. The van der Waals surface area contributed by atoms with E-state index >= 15 is 0 Å². The minimum atomic E-state index is -0.457. The second-order valence-corrected chi connectivity index (χ2v) is 4.13. The average Bonchev–Trinajstić information content (AvgIpc) is 2.43. The predicted molar refractivity (Wildman–Crippen MR) is 73.0 cm³/mol. The molecule has 2 aromatic rings. The lowest BCUT2D eigenvalue weighted by Gasteiger charge is -2.07. The Morgan fingerprint density at radius 3 is 2.37 bits per heavy atom. The van der Waals surface area contributed by atoms with Crippen molar-refractivity contribution < 1.29 is 13.9 Å². The van der Waals surface area contributed by atoms with Crippen LogP contribution in [0.2, 0.25) is 0 Å². The first kappa shape index (κ1) is 13.2. The number of rotatable bonds is 5. The van der Waals surface area contributed by atoms with Crippen molar-refractivity contribution in [2.24, 2.45) is 0 Å². The minimum absolute atomic E-state index is 0.127. The van der Waals surface area contributed by atoms with Gasteiger partial charge in [0.15, 0.2) is 0 Å². The van der Waals surface area contributed by atoms with Crippen molar-refractivity contribution in [1.82, 2.24) is 0 Å². The summed E-state index contributed by atoms with van der Waals surface area (Å²) in [5.74, 6) is 0.854. The zero-order chi connectivity index (χ0) is 13.7. The molecule has 0 aliphatic rings. The van der Waals surface area contributed by atoms with Crippen molar-refractivity contribution in [3.8, 4) is 11.5 Å². The van der Waals surface area contributed by atoms with E-state index < -0.39 is 5.82 Å². The summed E-state index contributed by atoms with van der Waals surface area (Å²) in [5.41, 5.74) is 6.66. The van der Waals surface area contributed by atoms with Crippen molar-refractivity contribution in [3.63, 3.8) is 0 Å². The fraction of sp³-hybridized carbons (Fsp3) is 0.200. The molecule has 2 aromatic carbocycles. The topological polar surface area (TPSA) is 44.5 Å². The predicted octanol–water partition coefficient (Wildman–Crippen LogP) is 3.04. The smallest absolute Gasteiger partial charge is 0.149 e. The Bertz CT molecular complexity index is 540. The first-order valence-electron chi connectivity index (χ1n) is 6.00. The van der Waals surface area contributed by atoms with Crippen LogP contribution in [0.4, 0.5) is 10.1 Å². The first-order chi connectivity index (χ1) is 9.19. The third kappa shape index (κ3) is 3.61. The SMILES string of the molecule is COc1ccc(CCOc2ccc(N)c(F)c2)cc1. The van der Waals surface area contributed by atoms with Gasteiger partial charge in [0.25, 0.3) is 0 Å². The van der Waals surface area contributed by atoms with Crippen LogP contribution < -0.4 is 15.2 Å². The number of hydrogen-bond donors (Lipinski definition) is 1. The van der Waals surface area contributed by atoms with E-state index in [4.69, 9.17) is 15.2 Å². The second kappa shape index (κ2) is 6.09. The molecule has 0 unspecified atom stereocenters. The lowest BCUT2D eigenvalue weighted by molar-refractivity contribution is 0.320. The molecular weight excluding hydrogens is 245 g/mol. The van der Waals surface area contributed by atoms with Gasteiger partial charge in [0.1, 0.15) is 17.3 Å². The molecule has 100 valence electrons. The Balaban J connectivity index is 1.86. The van der Waals surface area contributed by atoms with Gasteiger partial charge in [0.2, 0.25) is 0 Å². The van der Waals surface area contributed by atoms with Gasteiger partial charge in [0, 0.05) is 12.5 Å². The summed E-state index contributed by atoms with van der Waals surface area (Å²) in [7, 11) is 1.63. The van der Waals surface area contributed by atoms with E-state index in [0.717, 1.165) is 17.7 Å². The molecular formula is C15H16FNO2. The fourth-order valence-corrected chi connectivity index (χ4v) is 1.68. The summed E-state index contributed by atoms with van der Waals surface area (Å²) in [6.45, 7) is 0.482. The monoisotopic (exact) mass is 261 g/mol. The fourth-order valence-electron chi connectivity index (χ4n) is 1.68. The third-order valence-electron chi connectivity index (χ3n) is 2.79. The highest BCUT2D eigenvalue weighted by molar-refractivity contribution is 5.43. The molecule has 0 saturated heterocycles. The molecule has 0 aliphatic heterocycles. The van der Waals surface area contributed by atoms with Crippen molar-refractivity contribution >= 4 is 5.69 Å². The van der Waals surface area contributed by atoms with E-state index in [0.29, 0.717) is 12.4 Å². The summed E-state index contributed by atoms with van der Waals surface area (Å²) in [6, 6.07) is 12.2. The third-order valence-corrected chi connectivity index (χ3v) is 2.79. The molecule has 0 aromatic heterocycles. The molecule has 0 fully saturated rings. The van der Waals surface area contributed by atoms with Crippen LogP contribution in [-0.2, 0) is 6.42 Å². The zero-order valence-electron chi connectivity index (χ0n) is 10.7. The molecule has 3 nitrogen and oxygen atoms in total. The number of nitrogen functional groups attached to an aromatic ring is 1. The summed E-state index contributed by atoms with van der Waals surface area (Å²) < 4.78 is 23.8. The molecule has 0 amide bonds. The molecule has 0 saturated carbocycles. The summed E-state index contributed by atoms with van der Waals surface area (Å²) in [4.78, 5) is 0. The van der Waals surface area contributed by atoms with Crippen LogP contribution in [0.15, 0.2) is 42.5 Å². The number of methoxy groups -OCH3 is 1. The maximum Gasteiger partial charge on any atom is 0.149 e. The highest BCUT2D eigenvalue weighted by atomic mass is 19.1. The van der Waals surface area contributed by atoms with Crippen molar-refractivity contribution in [3.05, 3.63) is 53.8 Å². The van der Waals surface area contributed by atoms with E-state index in [9.17, 15) is 4.39 Å². The molecule has 0 radical (unpaired) electrons. The number of hydrogen-bond acceptors (Lipinski definition) is 3. The van der Waals surface area contributed by atoms with Crippen molar-refractivity contribution in [1.29, 1.82) is 0 Å². The van der Waals surface area contributed by atoms with E-state index in [-0.39, 0.29) is 5.69 Å². The summed E-state index contributed by atoms with van der Waals surface area (Å²) >= 11 is 0. The maximum absolute atomic E-state index is 13.2. The van der Waals surface area contributed by atoms with Crippen LogP contribution in [0.3, 0.4) is 0 Å². The van der Waals surface area contributed by atoms with Crippen LogP contribution in [0.1, 0.15) is 5.56 Å². The van der Waals surface area contributed by atoms with E-state index in [1.165, 1.54) is 12.1 Å². The summed E-state index contributed by atoms with van der Waals surface area (Å²) in [6.07, 6.45) is 0.746. The molecule has 2 N–H and O–H groups in total. The first-order valence-corrected chi connectivity index (χ1v) is 6.00. The van der Waals surface area contributed by atoms with Crippen LogP contribution in [-0.4, -0.2) is 13.7 Å². The molecule has 4 heteroatoms. The largest absolute Gasteiger partial charge is 0.497 e. The Morgan fingerprint density at radius 2 is 1.74 bits per heavy atom. The highest BCUT2D eigenvalue weighted by Gasteiger charge is 2.01. The lowest BCUT2D eigenvalue weighted by Crippen LogP contribution is -2.02. The Kier molecular flexibility index (Phi) is 4.23. The lowest BCUT2D eigenvalue weighted by atomic mass is 10.1. The highest BCUT2D eigenvalue weighted by Crippen LogP contribution is 2.18. The van der Waals surface area contributed by atoms with Crippen molar-refractivity contribution in [2.45, 2.75) is 6.42 Å². The Hall–Kier alpha value is -2.23. The van der Waals surface area contributed by atoms with Gasteiger partial charge in [-0.05, 0) is 29.8 Å². The standard InChI is InChI=1S/C15H16FNO2/c1-18-12-4-2-11(3-5-12)8-9-19-13-6-7-15(17)14(16)10-13/h2-7,10H,8-9,17H2,1H3. The van der Waals surface area contributed by atoms with Gasteiger partial charge in [0.05, 0.1) is 19.4 Å². The van der Waals surface area contributed by atoms with Gasteiger partial charge < -0.3 is 15.2 Å². The molecule has 0 aliphatic carbocycles. The number of ether oxygens (including phenoxy) is 2. The number of halogens is 1. The van der Waals surface area contributed by atoms with Crippen molar-refractivity contribution in [2.75, 3.05) is 19.5 Å². The normalized spacial score (nSPS) is 10.2. The number of benzene rings is 2. The molecule has 19 heavy (non-hydrogen) atoms. The van der Waals surface area contributed by atoms with Crippen LogP contribution in [0, 0.1) is 5.82 Å².